The van der Waals surface area contributed by atoms with Crippen LogP contribution in [0.1, 0.15) is 17.4 Å². The molecule has 17 heavy (non-hydrogen) atoms. The van der Waals surface area contributed by atoms with Gasteiger partial charge in [0, 0.05) is 9.75 Å². The molecule has 3 nitrogen and oxygen atoms in total. The van der Waals surface area contributed by atoms with Crippen LogP contribution in [0, 0.1) is 0 Å². The van der Waals surface area contributed by atoms with Gasteiger partial charge in [-0.3, -0.25) is 4.79 Å². The molecule has 0 bridgehead atoms. The van der Waals surface area contributed by atoms with Crippen LogP contribution in [0.15, 0.2) is 42.5 Å². The molecule has 2 rings (SSSR count). The van der Waals surface area contributed by atoms with E-state index in [-0.39, 0.29) is 6.42 Å². The molecule has 4 heteroatoms. The highest BCUT2D eigenvalue weighted by Gasteiger charge is 2.14. The lowest BCUT2D eigenvalue weighted by molar-refractivity contribution is -0.139. The maximum atomic E-state index is 10.5. The van der Waals surface area contributed by atoms with Crippen LogP contribution in [0.3, 0.4) is 0 Å². The van der Waals surface area contributed by atoms with E-state index < -0.39 is 12.1 Å². The molecule has 0 aliphatic carbocycles. The summed E-state index contributed by atoms with van der Waals surface area (Å²) in [5, 5.41) is 18.3. The Morgan fingerprint density at radius 2 is 1.88 bits per heavy atom. The van der Waals surface area contributed by atoms with Gasteiger partial charge in [-0.25, -0.2) is 0 Å². The van der Waals surface area contributed by atoms with Crippen LogP contribution in [-0.4, -0.2) is 16.2 Å². The molecule has 0 amide bonds. The molecule has 0 aliphatic heterocycles. The number of aliphatic hydroxyl groups excluding tert-OH is 1. The van der Waals surface area contributed by atoms with Gasteiger partial charge in [-0.05, 0) is 17.7 Å². The largest absolute Gasteiger partial charge is 0.481 e. The van der Waals surface area contributed by atoms with Crippen molar-refractivity contribution in [2.75, 3.05) is 0 Å². The van der Waals surface area contributed by atoms with E-state index in [2.05, 4.69) is 0 Å². The number of benzene rings is 1. The fourth-order valence-electron chi connectivity index (χ4n) is 1.56. The van der Waals surface area contributed by atoms with Gasteiger partial charge >= 0.3 is 5.97 Å². The van der Waals surface area contributed by atoms with Gasteiger partial charge in [0.05, 0.1) is 12.5 Å². The molecule has 1 aromatic carbocycles. The number of carboxylic acids is 1. The van der Waals surface area contributed by atoms with Crippen LogP contribution in [0.25, 0.3) is 10.4 Å². The summed E-state index contributed by atoms with van der Waals surface area (Å²) in [4.78, 5) is 12.2. The number of hydrogen-bond acceptors (Lipinski definition) is 3. The van der Waals surface area contributed by atoms with E-state index >= 15 is 0 Å². The SMILES string of the molecule is O=C(O)CC(O)c1ccc(-c2ccccc2)s1. The molecular weight excluding hydrogens is 236 g/mol. The van der Waals surface area contributed by atoms with E-state index in [0.717, 1.165) is 10.4 Å². The third-order valence-corrected chi connectivity index (χ3v) is 3.62. The fraction of sp³-hybridized carbons (Fsp3) is 0.154. The summed E-state index contributed by atoms with van der Waals surface area (Å²) >= 11 is 1.42. The minimum absolute atomic E-state index is 0.255. The average molecular weight is 248 g/mol. The second-order valence-corrected chi connectivity index (χ2v) is 4.80. The summed E-state index contributed by atoms with van der Waals surface area (Å²) in [7, 11) is 0. The van der Waals surface area contributed by atoms with Gasteiger partial charge in [0.15, 0.2) is 0 Å². The maximum Gasteiger partial charge on any atom is 0.306 e. The first-order valence-corrected chi connectivity index (χ1v) is 6.03. The smallest absolute Gasteiger partial charge is 0.306 e. The lowest BCUT2D eigenvalue weighted by atomic mass is 10.2. The van der Waals surface area contributed by atoms with Gasteiger partial charge in [0.2, 0.25) is 0 Å². The normalized spacial score (nSPS) is 12.3. The Hall–Kier alpha value is -1.65. The topological polar surface area (TPSA) is 57.5 Å². The molecule has 1 atom stereocenters. The monoisotopic (exact) mass is 248 g/mol. The van der Waals surface area contributed by atoms with Crippen LogP contribution in [-0.2, 0) is 4.79 Å². The van der Waals surface area contributed by atoms with E-state index in [0.29, 0.717) is 4.88 Å². The highest BCUT2D eigenvalue weighted by molar-refractivity contribution is 7.15. The van der Waals surface area contributed by atoms with Crippen LogP contribution >= 0.6 is 11.3 Å². The van der Waals surface area contributed by atoms with Crippen LogP contribution in [0.5, 0.6) is 0 Å². The van der Waals surface area contributed by atoms with E-state index in [1.54, 1.807) is 6.07 Å². The predicted octanol–water partition coefficient (Wildman–Crippen LogP) is 2.92. The van der Waals surface area contributed by atoms with Crippen molar-refractivity contribution in [3.05, 3.63) is 47.3 Å². The minimum atomic E-state index is -0.993. The molecule has 0 saturated carbocycles. The van der Waals surface area contributed by atoms with Crippen molar-refractivity contribution in [2.24, 2.45) is 0 Å². The zero-order valence-corrected chi connectivity index (χ0v) is 9.85. The van der Waals surface area contributed by atoms with Gasteiger partial charge in [-0.1, -0.05) is 30.3 Å². The average Bonchev–Trinajstić information content (AvgIpc) is 2.78. The Bertz CT molecular complexity index is 504. The lowest BCUT2D eigenvalue weighted by Gasteiger charge is -2.03. The molecule has 1 unspecified atom stereocenters. The molecular formula is C13H12O3S. The number of hydrogen-bond donors (Lipinski definition) is 2. The summed E-state index contributed by atoms with van der Waals surface area (Å²) in [5.41, 5.74) is 1.08. The van der Waals surface area contributed by atoms with E-state index in [1.807, 2.05) is 36.4 Å². The van der Waals surface area contributed by atoms with Crippen molar-refractivity contribution in [3.8, 4) is 10.4 Å². The van der Waals surface area contributed by atoms with E-state index in [9.17, 15) is 9.90 Å². The van der Waals surface area contributed by atoms with Crippen molar-refractivity contribution >= 4 is 17.3 Å². The second-order valence-electron chi connectivity index (χ2n) is 3.68. The zero-order chi connectivity index (χ0) is 12.3. The molecule has 0 spiro atoms. The number of aliphatic hydroxyl groups is 1. The molecule has 2 N–H and O–H groups in total. The van der Waals surface area contributed by atoms with Gasteiger partial charge in [0.25, 0.3) is 0 Å². The van der Waals surface area contributed by atoms with Crippen molar-refractivity contribution < 1.29 is 15.0 Å². The van der Waals surface area contributed by atoms with Gasteiger partial charge in [0.1, 0.15) is 0 Å². The first kappa shape index (κ1) is 11.8. The first-order valence-electron chi connectivity index (χ1n) is 5.22. The van der Waals surface area contributed by atoms with Crippen molar-refractivity contribution in [1.82, 2.24) is 0 Å². The van der Waals surface area contributed by atoms with Gasteiger partial charge < -0.3 is 10.2 Å². The Kier molecular flexibility index (Phi) is 3.56. The quantitative estimate of drug-likeness (QED) is 0.874. The molecule has 0 aliphatic rings. The Labute approximate surface area is 103 Å². The fourth-order valence-corrected chi connectivity index (χ4v) is 2.55. The molecule has 0 fully saturated rings. The third-order valence-electron chi connectivity index (χ3n) is 2.38. The first-order chi connectivity index (χ1) is 8.16. The summed E-state index contributed by atoms with van der Waals surface area (Å²) in [6, 6.07) is 13.5. The minimum Gasteiger partial charge on any atom is -0.481 e. The summed E-state index contributed by atoms with van der Waals surface area (Å²) < 4.78 is 0. The number of carboxylic acid groups (broad SMARTS) is 1. The summed E-state index contributed by atoms with van der Waals surface area (Å²) in [6.07, 6.45) is -1.18. The number of carbonyl (C=O) groups is 1. The standard InChI is InChI=1S/C13H12O3S/c14-10(8-13(15)16)12-7-6-11(17-12)9-4-2-1-3-5-9/h1-7,10,14H,8H2,(H,15,16). The Morgan fingerprint density at radius 3 is 2.53 bits per heavy atom. The second kappa shape index (κ2) is 5.12. The van der Waals surface area contributed by atoms with Crippen molar-refractivity contribution in [3.63, 3.8) is 0 Å². The van der Waals surface area contributed by atoms with Crippen molar-refractivity contribution in [1.29, 1.82) is 0 Å². The molecule has 1 heterocycles. The summed E-state index contributed by atoms with van der Waals surface area (Å²) in [6.45, 7) is 0. The Morgan fingerprint density at radius 1 is 1.18 bits per heavy atom. The van der Waals surface area contributed by atoms with Crippen molar-refractivity contribution in [2.45, 2.75) is 12.5 Å². The number of aliphatic carboxylic acids is 1. The highest BCUT2D eigenvalue weighted by atomic mass is 32.1. The lowest BCUT2D eigenvalue weighted by Crippen LogP contribution is -2.03. The maximum absolute atomic E-state index is 10.5. The van der Waals surface area contributed by atoms with Gasteiger partial charge in [-0.2, -0.15) is 0 Å². The number of rotatable bonds is 4. The number of thiophene rings is 1. The highest BCUT2D eigenvalue weighted by Crippen LogP contribution is 2.32. The molecule has 88 valence electrons. The molecule has 2 aromatic rings. The van der Waals surface area contributed by atoms with E-state index in [1.165, 1.54) is 11.3 Å². The summed E-state index contributed by atoms with van der Waals surface area (Å²) in [5.74, 6) is -0.993. The zero-order valence-electron chi connectivity index (χ0n) is 9.04. The van der Waals surface area contributed by atoms with Crippen LogP contribution < -0.4 is 0 Å². The van der Waals surface area contributed by atoms with E-state index in [4.69, 9.17) is 5.11 Å². The van der Waals surface area contributed by atoms with Crippen LogP contribution in [0.2, 0.25) is 0 Å². The Balaban J connectivity index is 2.19. The predicted molar refractivity (Wildman–Crippen MR) is 67.0 cm³/mol. The van der Waals surface area contributed by atoms with Crippen LogP contribution in [0.4, 0.5) is 0 Å². The molecule has 0 radical (unpaired) electrons. The molecule has 0 saturated heterocycles. The molecule has 1 aromatic heterocycles. The third kappa shape index (κ3) is 2.93. The van der Waals surface area contributed by atoms with Gasteiger partial charge in [-0.15, -0.1) is 11.3 Å².